The lowest BCUT2D eigenvalue weighted by Gasteiger charge is -2.10. The van der Waals surface area contributed by atoms with Crippen molar-refractivity contribution in [2.24, 2.45) is 0 Å². The number of thiophene rings is 1. The number of aliphatic carboxylic acids is 1. The van der Waals surface area contributed by atoms with Gasteiger partial charge in [0.2, 0.25) is 0 Å². The van der Waals surface area contributed by atoms with Gasteiger partial charge in [-0.05, 0) is 78.3 Å². The molecule has 0 aliphatic rings. The minimum absolute atomic E-state index is 0.233. The van der Waals surface area contributed by atoms with Crippen LogP contribution >= 0.6 is 11.3 Å². The molecule has 0 bridgehead atoms. The molecule has 4 heteroatoms. The molecule has 0 saturated carbocycles. The fourth-order valence-corrected chi connectivity index (χ4v) is 5.79. The number of rotatable bonds is 11. The maximum absolute atomic E-state index is 11.5. The van der Waals surface area contributed by atoms with Gasteiger partial charge < -0.3 is 5.11 Å². The third-order valence-electron chi connectivity index (χ3n) is 7.00. The van der Waals surface area contributed by atoms with Gasteiger partial charge in [-0.3, -0.25) is 0 Å². The number of carboxylic acid groups (broad SMARTS) is 1. The maximum Gasteiger partial charge on any atom is 0.346 e. The maximum atomic E-state index is 11.5. The molecular weight excluding hydrogens is 510 g/mol. The molecule has 1 aromatic heterocycles. The van der Waals surface area contributed by atoms with Crippen LogP contribution in [0.15, 0.2) is 84.4 Å². The van der Waals surface area contributed by atoms with Crippen LogP contribution in [0.2, 0.25) is 0 Å². The Hall–Kier alpha value is -4.20. The summed E-state index contributed by atoms with van der Waals surface area (Å²) in [5.41, 5.74) is 9.04. The van der Waals surface area contributed by atoms with E-state index in [1.165, 1.54) is 40.3 Å². The summed E-state index contributed by atoms with van der Waals surface area (Å²) in [5.74, 6) is -1.19. The normalized spacial score (nSPS) is 11.2. The number of benzene rings is 3. The fourth-order valence-electron chi connectivity index (χ4n) is 4.63. The van der Waals surface area contributed by atoms with Crippen molar-refractivity contribution >= 4 is 35.0 Å². The van der Waals surface area contributed by atoms with Crippen LogP contribution in [0.3, 0.4) is 0 Å². The van der Waals surface area contributed by atoms with Crippen LogP contribution in [0.25, 0.3) is 28.2 Å². The number of carbonyl (C=O) groups is 1. The fraction of sp³-hybridized carbons (Fsp3) is 0.222. The molecule has 1 N–H and O–H groups in total. The lowest BCUT2D eigenvalue weighted by atomic mass is 9.94. The van der Waals surface area contributed by atoms with Gasteiger partial charge in [0.15, 0.2) is 0 Å². The summed E-state index contributed by atoms with van der Waals surface area (Å²) in [5, 5.41) is 18.7. The molecule has 40 heavy (non-hydrogen) atoms. The molecule has 0 amide bonds. The van der Waals surface area contributed by atoms with Gasteiger partial charge in [0.05, 0.1) is 0 Å². The van der Waals surface area contributed by atoms with E-state index in [1.54, 1.807) is 11.3 Å². The first-order valence-electron chi connectivity index (χ1n) is 13.8. The zero-order valence-electron chi connectivity index (χ0n) is 23.4. The largest absolute Gasteiger partial charge is 0.477 e. The summed E-state index contributed by atoms with van der Waals surface area (Å²) in [7, 11) is 0. The third kappa shape index (κ3) is 7.46. The molecule has 0 aliphatic carbocycles. The number of nitriles is 1. The first-order chi connectivity index (χ1) is 19.4. The highest BCUT2D eigenvalue weighted by Gasteiger charge is 2.13. The highest BCUT2D eigenvalue weighted by atomic mass is 32.1. The second-order valence-corrected chi connectivity index (χ2v) is 11.3. The van der Waals surface area contributed by atoms with E-state index in [2.05, 4.69) is 106 Å². The van der Waals surface area contributed by atoms with Crippen LogP contribution in [-0.2, 0) is 11.2 Å². The average Bonchev–Trinajstić information content (AvgIpc) is 3.36. The Morgan fingerprint density at radius 1 is 0.850 bits per heavy atom. The van der Waals surface area contributed by atoms with E-state index in [1.807, 2.05) is 6.07 Å². The highest BCUT2D eigenvalue weighted by Crippen LogP contribution is 2.35. The topological polar surface area (TPSA) is 61.1 Å². The van der Waals surface area contributed by atoms with E-state index in [0.29, 0.717) is 0 Å². The van der Waals surface area contributed by atoms with Gasteiger partial charge in [0, 0.05) is 9.75 Å². The van der Waals surface area contributed by atoms with Crippen LogP contribution in [0.5, 0.6) is 0 Å². The number of unbranched alkanes of at least 4 members (excludes halogenated alkanes) is 3. The average molecular weight is 546 g/mol. The summed E-state index contributed by atoms with van der Waals surface area (Å²) in [6, 6.07) is 29.7. The molecule has 1 heterocycles. The van der Waals surface area contributed by atoms with E-state index >= 15 is 0 Å². The van der Waals surface area contributed by atoms with Gasteiger partial charge in [-0.1, -0.05) is 110 Å². The molecule has 0 atom stereocenters. The molecular formula is C36H35NO2S. The molecule has 0 spiro atoms. The summed E-state index contributed by atoms with van der Waals surface area (Å²) in [6.07, 6.45) is 9.16. The van der Waals surface area contributed by atoms with Gasteiger partial charge in [-0.15, -0.1) is 11.3 Å². The quantitative estimate of drug-likeness (QED) is 0.0883. The molecule has 0 saturated heterocycles. The van der Waals surface area contributed by atoms with Gasteiger partial charge in [-0.25, -0.2) is 4.79 Å². The Bertz CT molecular complexity index is 1500. The molecule has 4 rings (SSSR count). The summed E-state index contributed by atoms with van der Waals surface area (Å²) in [6.45, 7) is 6.39. The zero-order valence-corrected chi connectivity index (χ0v) is 24.2. The summed E-state index contributed by atoms with van der Waals surface area (Å²) < 4.78 is 0. The highest BCUT2D eigenvalue weighted by molar-refractivity contribution is 7.16. The second kappa shape index (κ2) is 13.7. The molecule has 0 radical (unpaired) electrons. The molecule has 4 aromatic rings. The Labute approximate surface area is 241 Å². The first-order valence-corrected chi connectivity index (χ1v) is 14.6. The van der Waals surface area contributed by atoms with Crippen LogP contribution < -0.4 is 0 Å². The predicted molar refractivity (Wildman–Crippen MR) is 168 cm³/mol. The summed E-state index contributed by atoms with van der Waals surface area (Å²) in [4.78, 5) is 13.4. The van der Waals surface area contributed by atoms with E-state index < -0.39 is 5.97 Å². The number of carboxylic acids is 1. The van der Waals surface area contributed by atoms with Gasteiger partial charge >= 0.3 is 5.97 Å². The van der Waals surface area contributed by atoms with Crippen molar-refractivity contribution in [3.05, 3.63) is 123 Å². The number of aryl methyl sites for hydroxylation is 3. The van der Waals surface area contributed by atoms with Crippen molar-refractivity contribution in [3.8, 4) is 16.5 Å². The smallest absolute Gasteiger partial charge is 0.346 e. The van der Waals surface area contributed by atoms with Crippen molar-refractivity contribution in [1.82, 2.24) is 0 Å². The van der Waals surface area contributed by atoms with E-state index in [9.17, 15) is 15.2 Å². The van der Waals surface area contributed by atoms with E-state index in [-0.39, 0.29) is 5.57 Å². The Balaban J connectivity index is 1.67. The lowest BCUT2D eigenvalue weighted by molar-refractivity contribution is -0.132. The van der Waals surface area contributed by atoms with Crippen LogP contribution in [-0.4, -0.2) is 11.1 Å². The molecule has 3 aromatic carbocycles. The molecule has 202 valence electrons. The van der Waals surface area contributed by atoms with E-state index in [4.69, 9.17) is 0 Å². The van der Waals surface area contributed by atoms with Gasteiger partial charge in [-0.2, -0.15) is 5.26 Å². The van der Waals surface area contributed by atoms with Crippen molar-refractivity contribution in [3.63, 3.8) is 0 Å². The molecule has 0 aliphatic heterocycles. The van der Waals surface area contributed by atoms with Crippen molar-refractivity contribution < 1.29 is 9.90 Å². The minimum atomic E-state index is -1.19. The minimum Gasteiger partial charge on any atom is -0.477 e. The van der Waals surface area contributed by atoms with Gasteiger partial charge in [0.25, 0.3) is 0 Å². The number of hydrogen-bond donors (Lipinski definition) is 1. The third-order valence-corrected chi connectivity index (χ3v) is 8.17. The summed E-state index contributed by atoms with van der Waals surface area (Å²) >= 11 is 1.55. The van der Waals surface area contributed by atoms with Crippen molar-refractivity contribution in [1.29, 1.82) is 5.26 Å². The Morgan fingerprint density at radius 2 is 1.45 bits per heavy atom. The van der Waals surface area contributed by atoms with Crippen LogP contribution in [0, 0.1) is 25.2 Å². The van der Waals surface area contributed by atoms with Crippen LogP contribution in [0.4, 0.5) is 0 Å². The monoisotopic (exact) mass is 545 g/mol. The Morgan fingerprint density at radius 3 is 1.98 bits per heavy atom. The zero-order chi connectivity index (χ0) is 28.5. The number of nitrogens with zero attached hydrogens (tertiary/aromatic N) is 1. The van der Waals surface area contributed by atoms with E-state index in [0.717, 1.165) is 52.1 Å². The molecule has 3 nitrogen and oxygen atoms in total. The first kappa shape index (κ1) is 28.8. The van der Waals surface area contributed by atoms with Crippen LogP contribution in [0.1, 0.15) is 70.9 Å². The lowest BCUT2D eigenvalue weighted by Crippen LogP contribution is -1.97. The SMILES string of the molecule is CCCCCCc1cc(-c2ccc(C=C(c3ccc(C)cc3)c3ccc(C)cc3)cc2)sc1/C=C(/C#N)C(=O)O. The van der Waals surface area contributed by atoms with Crippen molar-refractivity contribution in [2.45, 2.75) is 52.9 Å². The number of hydrogen-bond acceptors (Lipinski definition) is 3. The molecule has 0 unspecified atom stereocenters. The second-order valence-electron chi connectivity index (χ2n) is 10.2. The molecule has 0 fully saturated rings. The standard InChI is InChI=1S/C36H35NO2S/c1-4-5-6-7-8-31-22-34(40-35(31)23-32(24-37)36(38)39)30-19-13-27(14-20-30)21-33(28-15-9-25(2)10-16-28)29-17-11-26(3)12-18-29/h9-23H,4-8H2,1-3H3,(H,38,39)/b32-23-. The van der Waals surface area contributed by atoms with Gasteiger partial charge in [0.1, 0.15) is 11.6 Å². The van der Waals surface area contributed by atoms with Crippen molar-refractivity contribution in [2.75, 3.05) is 0 Å². The Kier molecular flexibility index (Phi) is 9.89. The predicted octanol–water partition coefficient (Wildman–Crippen LogP) is 9.74.